The van der Waals surface area contributed by atoms with Gasteiger partial charge in [0.25, 0.3) is 0 Å². The SMILES string of the molecule is CC(C)Oc1ccc(Nc2ncc(C(F)(F)F)c(Nc3ccccc3OC(C)C)n2)cc1. The lowest BCUT2D eigenvalue weighted by Crippen LogP contribution is -2.13. The largest absolute Gasteiger partial charge is 0.491 e. The van der Waals surface area contributed by atoms with Crippen LogP contribution in [0.25, 0.3) is 0 Å². The van der Waals surface area contributed by atoms with Crippen LogP contribution in [0.1, 0.15) is 33.3 Å². The van der Waals surface area contributed by atoms with Crippen LogP contribution >= 0.6 is 0 Å². The quantitative estimate of drug-likeness (QED) is 0.409. The van der Waals surface area contributed by atoms with Crippen molar-refractivity contribution < 1.29 is 22.6 Å². The molecule has 0 radical (unpaired) electrons. The maximum atomic E-state index is 13.6. The monoisotopic (exact) mass is 446 g/mol. The van der Waals surface area contributed by atoms with Crippen LogP contribution in [-0.4, -0.2) is 22.2 Å². The molecule has 3 aromatic rings. The van der Waals surface area contributed by atoms with Crippen LogP contribution in [0.2, 0.25) is 0 Å². The zero-order valence-electron chi connectivity index (χ0n) is 18.2. The number of halogens is 3. The first-order valence-electron chi connectivity index (χ1n) is 10.1. The Balaban J connectivity index is 1.89. The maximum Gasteiger partial charge on any atom is 0.421 e. The standard InChI is InChI=1S/C23H25F3N4O2/c1-14(2)31-17-11-9-16(10-12-17)28-22-27-13-18(23(24,25)26)21(30-22)29-19-7-5-6-8-20(19)32-15(3)4/h5-15H,1-4H3,(H2,27,28,29,30). The third-order valence-electron chi connectivity index (χ3n) is 4.08. The first-order chi connectivity index (χ1) is 15.1. The van der Waals surface area contributed by atoms with Crippen molar-refractivity contribution in [3.05, 3.63) is 60.3 Å². The number of aromatic nitrogens is 2. The van der Waals surface area contributed by atoms with Crippen LogP contribution < -0.4 is 20.1 Å². The van der Waals surface area contributed by atoms with Crippen LogP contribution in [0, 0.1) is 0 Å². The highest BCUT2D eigenvalue weighted by Gasteiger charge is 2.35. The second-order valence-corrected chi connectivity index (χ2v) is 7.56. The van der Waals surface area contributed by atoms with Gasteiger partial charge in [-0.05, 0) is 64.1 Å². The lowest BCUT2D eigenvalue weighted by Gasteiger charge is -2.18. The van der Waals surface area contributed by atoms with E-state index in [1.807, 2.05) is 27.7 Å². The molecule has 0 saturated heterocycles. The molecular formula is C23H25F3N4O2. The minimum atomic E-state index is -4.63. The molecule has 0 spiro atoms. The molecule has 2 aromatic carbocycles. The average molecular weight is 446 g/mol. The van der Waals surface area contributed by atoms with Crippen LogP contribution in [0.5, 0.6) is 11.5 Å². The van der Waals surface area contributed by atoms with Gasteiger partial charge in [0.1, 0.15) is 22.9 Å². The number of rotatable bonds is 8. The van der Waals surface area contributed by atoms with E-state index in [9.17, 15) is 13.2 Å². The zero-order chi connectivity index (χ0) is 23.3. The number of benzene rings is 2. The number of alkyl halides is 3. The Bertz CT molecular complexity index is 1040. The summed E-state index contributed by atoms with van der Waals surface area (Å²) in [6.45, 7) is 7.51. The Hall–Kier alpha value is -3.49. The van der Waals surface area contributed by atoms with Gasteiger partial charge in [-0.2, -0.15) is 18.2 Å². The fourth-order valence-corrected chi connectivity index (χ4v) is 2.82. The Kier molecular flexibility index (Phi) is 7.07. The highest BCUT2D eigenvalue weighted by molar-refractivity contribution is 5.67. The number of hydrogen-bond donors (Lipinski definition) is 2. The van der Waals surface area contributed by atoms with E-state index in [2.05, 4.69) is 20.6 Å². The van der Waals surface area contributed by atoms with Crippen LogP contribution in [0.4, 0.5) is 36.3 Å². The normalized spacial score (nSPS) is 11.5. The second kappa shape index (κ2) is 9.76. The predicted octanol–water partition coefficient (Wildman–Crippen LogP) is 6.56. The van der Waals surface area contributed by atoms with E-state index in [1.165, 1.54) is 0 Å². The van der Waals surface area contributed by atoms with Crippen molar-refractivity contribution in [1.82, 2.24) is 9.97 Å². The Morgan fingerprint density at radius 3 is 2.12 bits per heavy atom. The Morgan fingerprint density at radius 1 is 0.844 bits per heavy atom. The van der Waals surface area contributed by atoms with E-state index in [0.717, 1.165) is 6.20 Å². The molecule has 0 aliphatic rings. The topological polar surface area (TPSA) is 68.3 Å². The molecule has 0 unspecified atom stereocenters. The van der Waals surface area contributed by atoms with Gasteiger partial charge in [0.15, 0.2) is 0 Å². The number of hydrogen-bond acceptors (Lipinski definition) is 6. The molecule has 0 fully saturated rings. The zero-order valence-corrected chi connectivity index (χ0v) is 18.2. The van der Waals surface area contributed by atoms with Gasteiger partial charge in [-0.25, -0.2) is 4.98 Å². The fraction of sp³-hybridized carbons (Fsp3) is 0.304. The number of ether oxygens (including phenoxy) is 2. The summed E-state index contributed by atoms with van der Waals surface area (Å²) >= 11 is 0. The molecule has 0 bridgehead atoms. The average Bonchev–Trinajstić information content (AvgIpc) is 2.69. The van der Waals surface area contributed by atoms with E-state index in [4.69, 9.17) is 9.47 Å². The molecule has 32 heavy (non-hydrogen) atoms. The smallest absolute Gasteiger partial charge is 0.421 e. The number of nitrogens with one attached hydrogen (secondary N) is 2. The van der Waals surface area contributed by atoms with Gasteiger partial charge < -0.3 is 20.1 Å². The molecule has 0 aliphatic heterocycles. The summed E-state index contributed by atoms with van der Waals surface area (Å²) in [4.78, 5) is 7.92. The first-order valence-corrected chi connectivity index (χ1v) is 10.1. The Morgan fingerprint density at radius 2 is 1.50 bits per heavy atom. The number of nitrogens with zero attached hydrogens (tertiary/aromatic N) is 2. The van der Waals surface area contributed by atoms with Gasteiger partial charge in [0, 0.05) is 11.9 Å². The summed E-state index contributed by atoms with van der Waals surface area (Å²) in [6, 6.07) is 13.7. The molecule has 170 valence electrons. The van der Waals surface area contributed by atoms with E-state index in [1.54, 1.807) is 48.5 Å². The molecule has 1 aromatic heterocycles. The molecule has 9 heteroatoms. The van der Waals surface area contributed by atoms with Gasteiger partial charge in [0.05, 0.1) is 17.9 Å². The molecule has 6 nitrogen and oxygen atoms in total. The molecular weight excluding hydrogens is 421 g/mol. The molecule has 0 saturated carbocycles. The molecule has 2 N–H and O–H groups in total. The lowest BCUT2D eigenvalue weighted by atomic mass is 10.2. The van der Waals surface area contributed by atoms with Gasteiger partial charge in [-0.1, -0.05) is 12.1 Å². The second-order valence-electron chi connectivity index (χ2n) is 7.56. The van der Waals surface area contributed by atoms with Crippen molar-refractivity contribution in [2.45, 2.75) is 46.1 Å². The van der Waals surface area contributed by atoms with E-state index < -0.39 is 11.7 Å². The highest BCUT2D eigenvalue weighted by Crippen LogP contribution is 2.37. The Labute approximate surface area is 184 Å². The minimum absolute atomic E-state index is 0.0142. The molecule has 0 aliphatic carbocycles. The number of anilines is 4. The van der Waals surface area contributed by atoms with E-state index >= 15 is 0 Å². The summed E-state index contributed by atoms with van der Waals surface area (Å²) in [5, 5.41) is 5.67. The molecule has 0 atom stereocenters. The van der Waals surface area contributed by atoms with Gasteiger partial charge in [0.2, 0.25) is 5.95 Å². The summed E-state index contributed by atoms with van der Waals surface area (Å²) < 4.78 is 52.0. The molecule has 3 rings (SSSR count). The van der Waals surface area contributed by atoms with Gasteiger partial charge >= 0.3 is 6.18 Å². The summed E-state index contributed by atoms with van der Waals surface area (Å²) in [7, 11) is 0. The minimum Gasteiger partial charge on any atom is -0.491 e. The maximum absolute atomic E-state index is 13.6. The van der Waals surface area contributed by atoms with Crippen LogP contribution in [-0.2, 0) is 6.18 Å². The van der Waals surface area contributed by atoms with Gasteiger partial charge in [-0.15, -0.1) is 0 Å². The molecule has 0 amide bonds. The third-order valence-corrected chi connectivity index (χ3v) is 4.08. The van der Waals surface area contributed by atoms with Crippen molar-refractivity contribution in [2.24, 2.45) is 0 Å². The van der Waals surface area contributed by atoms with Crippen LogP contribution in [0.15, 0.2) is 54.7 Å². The van der Waals surface area contributed by atoms with Crippen molar-refractivity contribution in [1.29, 1.82) is 0 Å². The lowest BCUT2D eigenvalue weighted by molar-refractivity contribution is -0.137. The van der Waals surface area contributed by atoms with E-state index in [0.29, 0.717) is 22.9 Å². The predicted molar refractivity (Wildman–Crippen MR) is 118 cm³/mol. The first kappa shape index (κ1) is 23.2. The third kappa shape index (κ3) is 6.26. The summed E-state index contributed by atoms with van der Waals surface area (Å²) in [5.74, 6) is 0.738. The van der Waals surface area contributed by atoms with Crippen molar-refractivity contribution >= 4 is 23.1 Å². The van der Waals surface area contributed by atoms with Crippen LogP contribution in [0.3, 0.4) is 0 Å². The summed E-state index contributed by atoms with van der Waals surface area (Å²) in [6.07, 6.45) is -4.00. The number of para-hydroxylation sites is 2. The van der Waals surface area contributed by atoms with Crippen molar-refractivity contribution in [3.8, 4) is 11.5 Å². The van der Waals surface area contributed by atoms with Crippen molar-refractivity contribution in [2.75, 3.05) is 10.6 Å². The van der Waals surface area contributed by atoms with Gasteiger partial charge in [-0.3, -0.25) is 0 Å². The fourth-order valence-electron chi connectivity index (χ4n) is 2.82. The van der Waals surface area contributed by atoms with E-state index in [-0.39, 0.29) is 24.0 Å². The van der Waals surface area contributed by atoms with Crippen molar-refractivity contribution in [3.63, 3.8) is 0 Å². The molecule has 1 heterocycles. The highest BCUT2D eigenvalue weighted by atomic mass is 19.4. The summed E-state index contributed by atoms with van der Waals surface area (Å²) in [5.41, 5.74) is -0.00928.